The lowest BCUT2D eigenvalue weighted by molar-refractivity contribution is 0.243. The van der Waals surface area contributed by atoms with Crippen molar-refractivity contribution in [2.45, 2.75) is 19.4 Å². The number of nitrogens with zero attached hydrogens (tertiary/aromatic N) is 3. The molecule has 1 saturated heterocycles. The maximum Gasteiger partial charge on any atom is 0.233 e. The molecule has 2 heterocycles. The standard InChI is InChI=1S/C11H18N4O/c1-8(2)11(12)6-15(7-11)9-4-13-5-10(14-9)16-3/h4-5,8H,6-7,12H2,1-3H3. The van der Waals surface area contributed by atoms with Gasteiger partial charge in [-0.25, -0.2) is 0 Å². The van der Waals surface area contributed by atoms with Crippen molar-refractivity contribution in [2.24, 2.45) is 11.7 Å². The minimum atomic E-state index is -0.0925. The Bertz CT molecular complexity index is 374. The third-order valence-corrected chi connectivity index (χ3v) is 3.25. The molecule has 2 rings (SSSR count). The number of hydrogen-bond donors (Lipinski definition) is 1. The Kier molecular flexibility index (Phi) is 2.71. The molecular weight excluding hydrogens is 204 g/mol. The molecule has 1 aromatic rings. The summed E-state index contributed by atoms with van der Waals surface area (Å²) in [6.07, 6.45) is 3.34. The van der Waals surface area contributed by atoms with E-state index in [2.05, 4.69) is 28.7 Å². The molecule has 88 valence electrons. The number of nitrogens with two attached hydrogens (primary N) is 1. The van der Waals surface area contributed by atoms with E-state index in [9.17, 15) is 0 Å². The van der Waals surface area contributed by atoms with Gasteiger partial charge < -0.3 is 15.4 Å². The average Bonchev–Trinajstić information content (AvgIpc) is 2.24. The number of aromatic nitrogens is 2. The van der Waals surface area contributed by atoms with Crippen molar-refractivity contribution < 1.29 is 4.74 Å². The molecule has 1 aromatic heterocycles. The third-order valence-electron chi connectivity index (χ3n) is 3.25. The fourth-order valence-corrected chi connectivity index (χ4v) is 1.78. The lowest BCUT2D eigenvalue weighted by Gasteiger charge is -2.50. The minimum absolute atomic E-state index is 0.0925. The maximum absolute atomic E-state index is 6.22. The van der Waals surface area contributed by atoms with Crippen LogP contribution in [0.3, 0.4) is 0 Å². The predicted octanol–water partition coefficient (Wildman–Crippen LogP) is 0.659. The molecule has 1 aliphatic heterocycles. The van der Waals surface area contributed by atoms with Gasteiger partial charge in [-0.3, -0.25) is 4.98 Å². The van der Waals surface area contributed by atoms with E-state index in [4.69, 9.17) is 10.5 Å². The first-order valence-corrected chi connectivity index (χ1v) is 5.45. The molecular formula is C11H18N4O. The van der Waals surface area contributed by atoms with Crippen LogP contribution in [0.25, 0.3) is 0 Å². The number of hydrogen-bond acceptors (Lipinski definition) is 5. The first-order valence-electron chi connectivity index (χ1n) is 5.45. The second-order valence-corrected chi connectivity index (χ2v) is 4.66. The summed E-state index contributed by atoms with van der Waals surface area (Å²) in [6.45, 7) is 5.95. The fourth-order valence-electron chi connectivity index (χ4n) is 1.78. The molecule has 0 amide bonds. The lowest BCUT2D eigenvalue weighted by atomic mass is 9.80. The summed E-state index contributed by atoms with van der Waals surface area (Å²) in [6, 6.07) is 0. The van der Waals surface area contributed by atoms with Crippen LogP contribution in [0.2, 0.25) is 0 Å². The molecule has 16 heavy (non-hydrogen) atoms. The van der Waals surface area contributed by atoms with Crippen LogP contribution in [0.4, 0.5) is 5.82 Å². The highest BCUT2D eigenvalue weighted by atomic mass is 16.5. The van der Waals surface area contributed by atoms with E-state index >= 15 is 0 Å². The van der Waals surface area contributed by atoms with Crippen LogP contribution in [0.15, 0.2) is 12.4 Å². The molecule has 0 aromatic carbocycles. The lowest BCUT2D eigenvalue weighted by Crippen LogP contribution is -2.70. The molecule has 0 saturated carbocycles. The van der Waals surface area contributed by atoms with Gasteiger partial charge in [-0.15, -0.1) is 0 Å². The zero-order chi connectivity index (χ0) is 11.8. The summed E-state index contributed by atoms with van der Waals surface area (Å²) in [5.41, 5.74) is 6.13. The molecule has 0 aliphatic carbocycles. The highest BCUT2D eigenvalue weighted by Crippen LogP contribution is 2.30. The van der Waals surface area contributed by atoms with Gasteiger partial charge in [-0.05, 0) is 5.92 Å². The largest absolute Gasteiger partial charge is 0.480 e. The summed E-state index contributed by atoms with van der Waals surface area (Å²) >= 11 is 0. The Hall–Kier alpha value is -1.36. The van der Waals surface area contributed by atoms with E-state index in [0.29, 0.717) is 11.8 Å². The summed E-state index contributed by atoms with van der Waals surface area (Å²) in [5, 5.41) is 0. The Labute approximate surface area is 95.6 Å². The van der Waals surface area contributed by atoms with Crippen molar-refractivity contribution in [1.82, 2.24) is 9.97 Å². The smallest absolute Gasteiger partial charge is 0.233 e. The molecule has 0 unspecified atom stereocenters. The van der Waals surface area contributed by atoms with Gasteiger partial charge in [0.15, 0.2) is 5.82 Å². The van der Waals surface area contributed by atoms with Gasteiger partial charge in [0.1, 0.15) is 0 Å². The van der Waals surface area contributed by atoms with Gasteiger partial charge in [0, 0.05) is 13.1 Å². The second-order valence-electron chi connectivity index (χ2n) is 4.66. The normalized spacial score (nSPS) is 18.4. The third kappa shape index (κ3) is 1.82. The summed E-state index contributed by atoms with van der Waals surface area (Å²) < 4.78 is 5.04. The van der Waals surface area contributed by atoms with Gasteiger partial charge >= 0.3 is 0 Å². The van der Waals surface area contributed by atoms with Crippen LogP contribution in [0.5, 0.6) is 5.88 Å². The van der Waals surface area contributed by atoms with Gasteiger partial charge in [-0.2, -0.15) is 4.98 Å². The molecule has 1 fully saturated rings. The number of methoxy groups -OCH3 is 1. The molecule has 2 N–H and O–H groups in total. The molecule has 0 atom stereocenters. The van der Waals surface area contributed by atoms with Crippen LogP contribution < -0.4 is 15.4 Å². The molecule has 5 heteroatoms. The Balaban J connectivity index is 2.06. The highest BCUT2D eigenvalue weighted by molar-refractivity contribution is 5.44. The van der Waals surface area contributed by atoms with Gasteiger partial charge in [0.25, 0.3) is 0 Å². The maximum atomic E-state index is 6.22. The van der Waals surface area contributed by atoms with E-state index in [-0.39, 0.29) is 5.54 Å². The Morgan fingerprint density at radius 3 is 2.69 bits per heavy atom. The highest BCUT2D eigenvalue weighted by Gasteiger charge is 2.42. The van der Waals surface area contributed by atoms with E-state index in [1.54, 1.807) is 19.5 Å². The number of rotatable bonds is 3. The zero-order valence-electron chi connectivity index (χ0n) is 9.97. The van der Waals surface area contributed by atoms with Crippen LogP contribution in [-0.4, -0.2) is 35.7 Å². The van der Waals surface area contributed by atoms with Crippen LogP contribution in [0.1, 0.15) is 13.8 Å². The van der Waals surface area contributed by atoms with Gasteiger partial charge in [0.05, 0.1) is 25.0 Å². The Morgan fingerprint density at radius 1 is 1.44 bits per heavy atom. The topological polar surface area (TPSA) is 64.3 Å². The number of ether oxygens (including phenoxy) is 1. The monoisotopic (exact) mass is 222 g/mol. The van der Waals surface area contributed by atoms with E-state index in [1.165, 1.54) is 0 Å². The van der Waals surface area contributed by atoms with E-state index in [0.717, 1.165) is 18.9 Å². The summed E-state index contributed by atoms with van der Waals surface area (Å²) in [4.78, 5) is 10.5. The molecule has 0 spiro atoms. The summed E-state index contributed by atoms with van der Waals surface area (Å²) in [7, 11) is 1.59. The first-order chi connectivity index (χ1) is 7.55. The average molecular weight is 222 g/mol. The fraction of sp³-hybridized carbons (Fsp3) is 0.636. The van der Waals surface area contributed by atoms with Gasteiger partial charge in [0.2, 0.25) is 5.88 Å². The molecule has 0 radical (unpaired) electrons. The SMILES string of the molecule is COc1cncc(N2CC(N)(C(C)C)C2)n1. The quantitative estimate of drug-likeness (QED) is 0.814. The van der Waals surface area contributed by atoms with Crippen molar-refractivity contribution in [3.8, 4) is 5.88 Å². The minimum Gasteiger partial charge on any atom is -0.480 e. The van der Waals surface area contributed by atoms with Crippen molar-refractivity contribution in [1.29, 1.82) is 0 Å². The van der Waals surface area contributed by atoms with E-state index < -0.39 is 0 Å². The number of anilines is 1. The summed E-state index contributed by atoms with van der Waals surface area (Å²) in [5.74, 6) is 1.85. The second kappa shape index (κ2) is 3.90. The molecule has 5 nitrogen and oxygen atoms in total. The predicted molar refractivity (Wildman–Crippen MR) is 62.6 cm³/mol. The van der Waals surface area contributed by atoms with Crippen molar-refractivity contribution in [3.05, 3.63) is 12.4 Å². The molecule has 1 aliphatic rings. The van der Waals surface area contributed by atoms with Crippen LogP contribution >= 0.6 is 0 Å². The van der Waals surface area contributed by atoms with Gasteiger partial charge in [-0.1, -0.05) is 13.8 Å². The zero-order valence-corrected chi connectivity index (χ0v) is 9.97. The van der Waals surface area contributed by atoms with Crippen LogP contribution in [-0.2, 0) is 0 Å². The van der Waals surface area contributed by atoms with Crippen molar-refractivity contribution in [3.63, 3.8) is 0 Å². The van der Waals surface area contributed by atoms with Crippen molar-refractivity contribution in [2.75, 3.05) is 25.1 Å². The van der Waals surface area contributed by atoms with Crippen molar-refractivity contribution >= 4 is 5.82 Å². The molecule has 0 bridgehead atoms. The van der Waals surface area contributed by atoms with E-state index in [1.807, 2.05) is 0 Å². The Morgan fingerprint density at radius 2 is 2.12 bits per heavy atom. The van der Waals surface area contributed by atoms with Crippen LogP contribution in [0, 0.1) is 5.92 Å². The first kappa shape index (κ1) is 11.1.